The highest BCUT2D eigenvalue weighted by molar-refractivity contribution is 8.00. The molecule has 3 heterocycles. The number of carboxylic acids is 1. The molecule has 11 heteroatoms. The van der Waals surface area contributed by atoms with Gasteiger partial charge in [-0.25, -0.2) is 14.1 Å². The quantitative estimate of drug-likeness (QED) is 0.659. The monoisotopic (exact) mass is 477 g/mol. The van der Waals surface area contributed by atoms with Crippen LogP contribution in [0.5, 0.6) is 0 Å². The maximum Gasteiger partial charge on any atom is 0.332 e. The minimum absolute atomic E-state index is 0.0817. The van der Waals surface area contributed by atoms with Gasteiger partial charge in [0.05, 0.1) is 29.8 Å². The average molecular weight is 478 g/mol. The summed E-state index contributed by atoms with van der Waals surface area (Å²) in [6, 6.07) is 7.02. The Balaban J connectivity index is 1.65. The normalized spacial score (nSPS) is 20.6. The van der Waals surface area contributed by atoms with Gasteiger partial charge in [0.1, 0.15) is 11.9 Å². The lowest BCUT2D eigenvalue weighted by Crippen LogP contribution is -2.66. The van der Waals surface area contributed by atoms with Gasteiger partial charge in [0, 0.05) is 11.4 Å². The minimum atomic E-state index is -1.03. The number of carboxylic acid groups (broad SMARTS) is 1. The van der Waals surface area contributed by atoms with Gasteiger partial charge in [0.25, 0.3) is 5.91 Å². The van der Waals surface area contributed by atoms with Crippen molar-refractivity contribution in [2.45, 2.75) is 25.0 Å². The zero-order chi connectivity index (χ0) is 22.8. The van der Waals surface area contributed by atoms with Crippen LogP contribution in [0.2, 0.25) is 0 Å². The number of carbonyl (C=O) groups excluding carboxylic acids is 3. The highest BCUT2D eigenvalue weighted by Crippen LogP contribution is 2.35. The van der Waals surface area contributed by atoms with E-state index in [-0.39, 0.29) is 36.2 Å². The number of aliphatic carboxylic acids is 1. The third-order valence-electron chi connectivity index (χ3n) is 5.42. The fraction of sp³-hybridized carbons (Fsp3) is 0.333. The van der Waals surface area contributed by atoms with Crippen LogP contribution in [0.15, 0.2) is 41.8 Å². The number of benzene rings is 1. The Labute approximate surface area is 191 Å². The number of anilines is 1. The summed E-state index contributed by atoms with van der Waals surface area (Å²) in [6.45, 7) is 0.547. The molecule has 2 unspecified atom stereocenters. The second-order valence-electron chi connectivity index (χ2n) is 7.42. The van der Waals surface area contributed by atoms with Crippen molar-refractivity contribution in [1.29, 1.82) is 0 Å². The maximum absolute atomic E-state index is 13.9. The van der Waals surface area contributed by atoms with E-state index in [4.69, 9.17) is 5.11 Å². The Hall–Kier alpha value is -2.92. The Morgan fingerprint density at radius 2 is 2.00 bits per heavy atom. The Morgan fingerprint density at radius 1 is 1.19 bits per heavy atom. The molecule has 0 spiro atoms. The van der Waals surface area contributed by atoms with E-state index < -0.39 is 35.8 Å². The molecule has 1 N–H and O–H groups in total. The summed E-state index contributed by atoms with van der Waals surface area (Å²) >= 11 is 2.43. The first-order chi connectivity index (χ1) is 15.4. The van der Waals surface area contributed by atoms with E-state index >= 15 is 0 Å². The highest BCUT2D eigenvalue weighted by atomic mass is 32.2. The van der Waals surface area contributed by atoms with Crippen molar-refractivity contribution in [1.82, 2.24) is 9.80 Å². The first kappa shape index (κ1) is 22.3. The molecule has 2 saturated heterocycles. The number of thioether (sulfide) groups is 1. The van der Waals surface area contributed by atoms with Gasteiger partial charge in [-0.05, 0) is 36.1 Å². The van der Waals surface area contributed by atoms with Gasteiger partial charge in [-0.1, -0.05) is 12.1 Å². The first-order valence-corrected chi connectivity index (χ1v) is 11.9. The van der Waals surface area contributed by atoms with Crippen molar-refractivity contribution in [3.63, 3.8) is 0 Å². The Morgan fingerprint density at radius 3 is 2.69 bits per heavy atom. The van der Waals surface area contributed by atoms with Crippen LogP contribution in [0.25, 0.3) is 0 Å². The van der Waals surface area contributed by atoms with Gasteiger partial charge >= 0.3 is 12.0 Å². The first-order valence-electron chi connectivity index (χ1n) is 9.88. The summed E-state index contributed by atoms with van der Waals surface area (Å²) < 4.78 is 13.9. The van der Waals surface area contributed by atoms with E-state index in [2.05, 4.69) is 0 Å². The molecule has 4 rings (SSSR count). The lowest BCUT2D eigenvalue weighted by molar-refractivity contribution is -0.137. The van der Waals surface area contributed by atoms with E-state index in [9.17, 15) is 23.6 Å². The molecule has 2 fully saturated rings. The Kier molecular flexibility index (Phi) is 6.47. The molecular weight excluding hydrogens is 457 g/mol. The van der Waals surface area contributed by atoms with Crippen LogP contribution in [0.4, 0.5) is 14.9 Å². The number of rotatable bonds is 7. The third kappa shape index (κ3) is 4.35. The van der Waals surface area contributed by atoms with Crippen LogP contribution in [0, 0.1) is 5.82 Å². The van der Waals surface area contributed by atoms with E-state index in [0.29, 0.717) is 6.42 Å². The number of likely N-dealkylation sites (tertiary alicyclic amines) is 1. The number of hydrogen-bond donors (Lipinski definition) is 1. The third-order valence-corrected chi connectivity index (χ3v) is 7.18. The summed E-state index contributed by atoms with van der Waals surface area (Å²) in [4.78, 5) is 55.2. The number of halogens is 1. The zero-order valence-electron chi connectivity index (χ0n) is 16.8. The van der Waals surface area contributed by atoms with E-state index in [1.165, 1.54) is 34.4 Å². The topological polar surface area (TPSA) is 98.2 Å². The van der Waals surface area contributed by atoms with E-state index in [1.54, 1.807) is 4.90 Å². The summed E-state index contributed by atoms with van der Waals surface area (Å²) in [5, 5.41) is 10.7. The van der Waals surface area contributed by atoms with Crippen LogP contribution in [-0.2, 0) is 20.9 Å². The van der Waals surface area contributed by atoms with Crippen LogP contribution in [-0.4, -0.2) is 68.9 Å². The lowest BCUT2D eigenvalue weighted by Gasteiger charge is -2.43. The van der Waals surface area contributed by atoms with E-state index in [1.807, 2.05) is 17.5 Å². The molecular formula is C21H20FN3O5S2. The van der Waals surface area contributed by atoms with Crippen LogP contribution in [0.3, 0.4) is 0 Å². The molecule has 8 nitrogen and oxygen atoms in total. The van der Waals surface area contributed by atoms with Crippen molar-refractivity contribution in [3.8, 4) is 0 Å². The van der Waals surface area contributed by atoms with Crippen molar-refractivity contribution in [2.24, 2.45) is 0 Å². The predicted molar refractivity (Wildman–Crippen MR) is 118 cm³/mol. The standard InChI is InChI=1S/C21H20FN3O5S2/c22-13-3-1-4-14(9-13)25-20(29)19-16(24(21(25)30)10-15-5-2-8-32-15)6-7-23(19)17(26)11-31-12-18(27)28/h1-5,8-9,16,19H,6-7,10-12H2,(H,27,28). The second-order valence-corrected chi connectivity index (χ2v) is 9.44. The van der Waals surface area contributed by atoms with Crippen LogP contribution >= 0.6 is 23.1 Å². The average Bonchev–Trinajstić information content (AvgIpc) is 3.41. The van der Waals surface area contributed by atoms with Gasteiger partial charge < -0.3 is 14.9 Å². The largest absolute Gasteiger partial charge is 0.481 e. The fourth-order valence-electron chi connectivity index (χ4n) is 4.09. The highest BCUT2D eigenvalue weighted by Gasteiger charge is 2.53. The number of thiophene rings is 1. The molecule has 0 bridgehead atoms. The molecule has 2 aliphatic rings. The smallest absolute Gasteiger partial charge is 0.332 e. The second kappa shape index (κ2) is 9.29. The number of carbonyl (C=O) groups is 4. The molecule has 168 valence electrons. The molecule has 0 radical (unpaired) electrons. The summed E-state index contributed by atoms with van der Waals surface area (Å²) in [5.41, 5.74) is 0.106. The number of imide groups is 1. The van der Waals surface area contributed by atoms with Gasteiger partial charge in [-0.2, -0.15) is 0 Å². The van der Waals surface area contributed by atoms with Crippen molar-refractivity contribution in [2.75, 3.05) is 23.0 Å². The van der Waals surface area contributed by atoms with Gasteiger partial charge in [-0.3, -0.25) is 14.4 Å². The van der Waals surface area contributed by atoms with Crippen molar-refractivity contribution in [3.05, 3.63) is 52.5 Å². The number of nitrogens with zero attached hydrogens (tertiary/aromatic N) is 3. The number of fused-ring (bicyclic) bond motifs is 1. The summed E-state index contributed by atoms with van der Waals surface area (Å²) in [6.07, 6.45) is 0.430. The van der Waals surface area contributed by atoms with E-state index in [0.717, 1.165) is 27.6 Å². The number of urea groups is 1. The molecule has 0 aliphatic carbocycles. The van der Waals surface area contributed by atoms with Crippen molar-refractivity contribution >= 4 is 52.6 Å². The molecule has 2 aromatic rings. The summed E-state index contributed by atoms with van der Waals surface area (Å²) in [7, 11) is 0. The minimum Gasteiger partial charge on any atom is -0.481 e. The molecule has 0 saturated carbocycles. The van der Waals surface area contributed by atoms with Gasteiger partial charge in [0.15, 0.2) is 0 Å². The molecule has 2 aliphatic heterocycles. The molecule has 2 atom stereocenters. The number of hydrogen-bond acceptors (Lipinski definition) is 6. The number of amides is 4. The molecule has 1 aromatic carbocycles. The lowest BCUT2D eigenvalue weighted by atomic mass is 10.0. The summed E-state index contributed by atoms with van der Waals surface area (Å²) in [5.74, 6) is -2.86. The SMILES string of the molecule is O=C(O)CSCC(=O)N1CCC2C1C(=O)N(c1cccc(F)c1)C(=O)N2Cc1cccs1. The van der Waals surface area contributed by atoms with Crippen LogP contribution in [0.1, 0.15) is 11.3 Å². The van der Waals surface area contributed by atoms with Gasteiger partial charge in [-0.15, -0.1) is 23.1 Å². The molecule has 1 aromatic heterocycles. The fourth-order valence-corrected chi connectivity index (χ4v) is 5.41. The zero-order valence-corrected chi connectivity index (χ0v) is 18.5. The predicted octanol–water partition coefficient (Wildman–Crippen LogP) is 2.64. The molecule has 4 amide bonds. The molecule has 32 heavy (non-hydrogen) atoms. The maximum atomic E-state index is 13.9. The van der Waals surface area contributed by atoms with Gasteiger partial charge in [0.2, 0.25) is 5.91 Å². The Bertz CT molecular complexity index is 1050. The van der Waals surface area contributed by atoms with Crippen LogP contribution < -0.4 is 4.90 Å². The van der Waals surface area contributed by atoms with Crippen molar-refractivity contribution < 1.29 is 28.7 Å².